The standard InChI is InChI=1S/C25H21NO3S/c1-18-7-9-21(10-8-18)17-29-22-13-11-19(12-14-22)15-23-24(27)26(25(28)30-23)16-20-5-3-2-4-6-20/h2-15H,16-17H2,1H3/b23-15-. The maximum atomic E-state index is 12.7. The lowest BCUT2D eigenvalue weighted by Crippen LogP contribution is -2.27. The average molecular weight is 416 g/mol. The molecule has 0 aromatic heterocycles. The van der Waals surface area contributed by atoms with E-state index in [1.54, 1.807) is 6.08 Å². The van der Waals surface area contributed by atoms with Crippen molar-refractivity contribution in [2.45, 2.75) is 20.1 Å². The van der Waals surface area contributed by atoms with Gasteiger partial charge in [-0.25, -0.2) is 0 Å². The second-order valence-corrected chi connectivity index (χ2v) is 8.09. The molecule has 0 N–H and O–H groups in total. The molecule has 1 fully saturated rings. The van der Waals surface area contributed by atoms with Gasteiger partial charge in [0.1, 0.15) is 12.4 Å². The van der Waals surface area contributed by atoms with Gasteiger partial charge in [-0.05, 0) is 53.6 Å². The molecule has 3 aromatic rings. The zero-order valence-corrected chi connectivity index (χ0v) is 17.4. The predicted molar refractivity (Wildman–Crippen MR) is 120 cm³/mol. The van der Waals surface area contributed by atoms with E-state index in [4.69, 9.17) is 4.74 Å². The summed E-state index contributed by atoms with van der Waals surface area (Å²) < 4.78 is 5.82. The molecule has 0 unspecified atom stereocenters. The van der Waals surface area contributed by atoms with Crippen LogP contribution in [0.4, 0.5) is 4.79 Å². The molecule has 1 aliphatic heterocycles. The van der Waals surface area contributed by atoms with Gasteiger partial charge in [0.15, 0.2) is 0 Å². The SMILES string of the molecule is Cc1ccc(COc2ccc(/C=C3\SC(=O)N(Cc4ccccc4)C3=O)cc2)cc1. The van der Waals surface area contributed by atoms with Gasteiger partial charge in [-0.2, -0.15) is 0 Å². The van der Waals surface area contributed by atoms with Gasteiger partial charge in [0.25, 0.3) is 11.1 Å². The second-order valence-electron chi connectivity index (χ2n) is 7.10. The number of imide groups is 1. The largest absolute Gasteiger partial charge is 0.489 e. The van der Waals surface area contributed by atoms with Crippen LogP contribution in [0.1, 0.15) is 22.3 Å². The van der Waals surface area contributed by atoms with E-state index in [2.05, 4.69) is 31.2 Å². The van der Waals surface area contributed by atoms with Crippen LogP contribution in [0.3, 0.4) is 0 Å². The monoisotopic (exact) mass is 415 g/mol. The van der Waals surface area contributed by atoms with Crippen molar-refractivity contribution >= 4 is 29.0 Å². The summed E-state index contributed by atoms with van der Waals surface area (Å²) in [5.74, 6) is 0.499. The smallest absolute Gasteiger partial charge is 0.293 e. The lowest BCUT2D eigenvalue weighted by Gasteiger charge is -2.12. The van der Waals surface area contributed by atoms with E-state index in [1.165, 1.54) is 10.5 Å². The molecule has 1 saturated heterocycles. The van der Waals surface area contributed by atoms with Crippen molar-refractivity contribution in [3.05, 3.63) is 106 Å². The highest BCUT2D eigenvalue weighted by Crippen LogP contribution is 2.33. The summed E-state index contributed by atoms with van der Waals surface area (Å²) in [4.78, 5) is 26.7. The molecule has 1 heterocycles. The van der Waals surface area contributed by atoms with E-state index in [1.807, 2.05) is 54.6 Å². The summed E-state index contributed by atoms with van der Waals surface area (Å²) in [5.41, 5.74) is 4.10. The normalized spacial score (nSPS) is 15.1. The van der Waals surface area contributed by atoms with Gasteiger partial charge in [-0.15, -0.1) is 0 Å². The minimum atomic E-state index is -0.256. The molecule has 30 heavy (non-hydrogen) atoms. The number of rotatable bonds is 6. The average Bonchev–Trinajstić information content (AvgIpc) is 3.02. The zero-order chi connectivity index (χ0) is 20.9. The van der Waals surface area contributed by atoms with E-state index < -0.39 is 0 Å². The fourth-order valence-electron chi connectivity index (χ4n) is 3.06. The first-order chi connectivity index (χ1) is 14.6. The van der Waals surface area contributed by atoms with Crippen LogP contribution < -0.4 is 4.74 Å². The van der Waals surface area contributed by atoms with E-state index in [-0.39, 0.29) is 17.7 Å². The number of hydrogen-bond donors (Lipinski definition) is 0. The number of hydrogen-bond acceptors (Lipinski definition) is 4. The van der Waals surface area contributed by atoms with Crippen LogP contribution in [0.15, 0.2) is 83.8 Å². The molecular weight excluding hydrogens is 394 g/mol. The number of benzene rings is 3. The number of aryl methyl sites for hydroxylation is 1. The van der Waals surface area contributed by atoms with E-state index in [0.717, 1.165) is 34.2 Å². The third kappa shape index (κ3) is 4.81. The summed E-state index contributed by atoms with van der Waals surface area (Å²) in [6.07, 6.45) is 1.75. The Morgan fingerprint density at radius 1 is 0.867 bits per heavy atom. The molecule has 0 aliphatic carbocycles. The highest BCUT2D eigenvalue weighted by molar-refractivity contribution is 8.18. The van der Waals surface area contributed by atoms with Crippen LogP contribution >= 0.6 is 11.8 Å². The first-order valence-corrected chi connectivity index (χ1v) is 10.5. The van der Waals surface area contributed by atoms with Gasteiger partial charge >= 0.3 is 0 Å². The first-order valence-electron chi connectivity index (χ1n) is 9.66. The third-order valence-corrected chi connectivity index (χ3v) is 5.67. The molecule has 0 atom stereocenters. The van der Waals surface area contributed by atoms with Crippen molar-refractivity contribution in [3.8, 4) is 5.75 Å². The Bertz CT molecular complexity index is 1070. The fraction of sp³-hybridized carbons (Fsp3) is 0.120. The molecule has 0 saturated carbocycles. The van der Waals surface area contributed by atoms with Crippen LogP contribution in [0.5, 0.6) is 5.75 Å². The number of thioether (sulfide) groups is 1. The minimum Gasteiger partial charge on any atom is -0.489 e. The van der Waals surface area contributed by atoms with Crippen LogP contribution in [0.25, 0.3) is 6.08 Å². The van der Waals surface area contributed by atoms with Crippen molar-refractivity contribution in [2.24, 2.45) is 0 Å². The zero-order valence-electron chi connectivity index (χ0n) is 16.6. The highest BCUT2D eigenvalue weighted by Gasteiger charge is 2.34. The molecule has 0 bridgehead atoms. The van der Waals surface area contributed by atoms with Crippen LogP contribution in [-0.2, 0) is 17.9 Å². The number of carbonyl (C=O) groups is 2. The fourth-order valence-corrected chi connectivity index (χ4v) is 3.90. The van der Waals surface area contributed by atoms with Crippen LogP contribution in [0.2, 0.25) is 0 Å². The Morgan fingerprint density at radius 2 is 1.57 bits per heavy atom. The minimum absolute atomic E-state index is 0.242. The topological polar surface area (TPSA) is 46.6 Å². The van der Waals surface area contributed by atoms with Gasteiger partial charge in [-0.1, -0.05) is 72.3 Å². The van der Waals surface area contributed by atoms with Gasteiger partial charge in [0.2, 0.25) is 0 Å². The highest BCUT2D eigenvalue weighted by atomic mass is 32.2. The Morgan fingerprint density at radius 3 is 2.27 bits per heavy atom. The van der Waals surface area contributed by atoms with Gasteiger partial charge < -0.3 is 4.74 Å². The Labute approximate surface area is 180 Å². The second kappa shape index (κ2) is 9.01. The van der Waals surface area contributed by atoms with Crippen molar-refractivity contribution in [2.75, 3.05) is 0 Å². The molecule has 5 heteroatoms. The predicted octanol–water partition coefficient (Wildman–Crippen LogP) is 5.81. The summed E-state index contributed by atoms with van der Waals surface area (Å²) in [6.45, 7) is 2.84. The lowest BCUT2D eigenvalue weighted by molar-refractivity contribution is -0.123. The molecule has 4 rings (SSSR count). The maximum Gasteiger partial charge on any atom is 0.293 e. The lowest BCUT2D eigenvalue weighted by atomic mass is 10.1. The van der Waals surface area contributed by atoms with Crippen LogP contribution in [0, 0.1) is 6.92 Å². The maximum absolute atomic E-state index is 12.7. The van der Waals surface area contributed by atoms with Gasteiger partial charge in [0, 0.05) is 0 Å². The van der Waals surface area contributed by atoms with E-state index in [0.29, 0.717) is 11.5 Å². The molecule has 2 amide bonds. The number of ether oxygens (including phenoxy) is 1. The molecule has 4 nitrogen and oxygen atoms in total. The quantitative estimate of drug-likeness (QED) is 0.477. The Kier molecular flexibility index (Phi) is 6.00. The molecule has 0 radical (unpaired) electrons. The first kappa shape index (κ1) is 20.0. The Hall–Kier alpha value is -3.31. The van der Waals surface area contributed by atoms with Crippen molar-refractivity contribution in [3.63, 3.8) is 0 Å². The Balaban J connectivity index is 1.40. The van der Waals surface area contributed by atoms with Crippen molar-refractivity contribution < 1.29 is 14.3 Å². The van der Waals surface area contributed by atoms with E-state index >= 15 is 0 Å². The van der Waals surface area contributed by atoms with Crippen molar-refractivity contribution in [1.82, 2.24) is 4.90 Å². The van der Waals surface area contributed by atoms with Crippen molar-refractivity contribution in [1.29, 1.82) is 0 Å². The number of nitrogens with zero attached hydrogens (tertiary/aromatic N) is 1. The summed E-state index contributed by atoms with van der Waals surface area (Å²) in [7, 11) is 0. The molecule has 150 valence electrons. The number of amides is 2. The molecular formula is C25H21NO3S. The summed E-state index contributed by atoms with van der Waals surface area (Å²) in [6, 6.07) is 25.2. The van der Waals surface area contributed by atoms with Gasteiger partial charge in [0.05, 0.1) is 11.4 Å². The third-order valence-electron chi connectivity index (χ3n) is 4.76. The summed E-state index contributed by atoms with van der Waals surface area (Å²) >= 11 is 0.976. The van der Waals surface area contributed by atoms with Gasteiger partial charge in [-0.3, -0.25) is 14.5 Å². The van der Waals surface area contributed by atoms with Crippen LogP contribution in [-0.4, -0.2) is 16.0 Å². The van der Waals surface area contributed by atoms with E-state index in [9.17, 15) is 9.59 Å². The molecule has 0 spiro atoms. The molecule has 1 aliphatic rings. The number of carbonyl (C=O) groups excluding carboxylic acids is 2. The molecule has 3 aromatic carbocycles. The summed E-state index contributed by atoms with van der Waals surface area (Å²) in [5, 5.41) is -0.242.